The van der Waals surface area contributed by atoms with Crippen LogP contribution in [-0.2, 0) is 6.42 Å². The highest BCUT2D eigenvalue weighted by molar-refractivity contribution is 5.67. The van der Waals surface area contributed by atoms with Crippen molar-refractivity contribution in [2.24, 2.45) is 0 Å². The molecule has 0 aliphatic carbocycles. The van der Waals surface area contributed by atoms with Gasteiger partial charge in [-0.15, -0.1) is 0 Å². The standard InChI is InChI=1S/C17H15FN2/c18-16-11-15(9-8-14(16)12-19)20-10-4-3-6-13-5-1-2-7-17(13)20/h1-2,5,7-9,11H,3-4,6,10H2. The van der Waals surface area contributed by atoms with Gasteiger partial charge in [0.25, 0.3) is 0 Å². The third-order valence-electron chi connectivity index (χ3n) is 3.75. The van der Waals surface area contributed by atoms with E-state index in [0.717, 1.165) is 37.2 Å². The molecule has 2 nitrogen and oxygen atoms in total. The summed E-state index contributed by atoms with van der Waals surface area (Å²) in [6, 6.07) is 15.0. The van der Waals surface area contributed by atoms with E-state index in [4.69, 9.17) is 5.26 Å². The van der Waals surface area contributed by atoms with Crippen LogP contribution in [0.5, 0.6) is 0 Å². The third kappa shape index (κ3) is 2.25. The molecule has 0 atom stereocenters. The van der Waals surface area contributed by atoms with Gasteiger partial charge in [0.2, 0.25) is 0 Å². The Morgan fingerprint density at radius 3 is 2.75 bits per heavy atom. The lowest BCUT2D eigenvalue weighted by molar-refractivity contribution is 0.623. The molecule has 2 aromatic rings. The van der Waals surface area contributed by atoms with Crippen molar-refractivity contribution in [1.29, 1.82) is 5.26 Å². The fourth-order valence-corrected chi connectivity index (χ4v) is 2.72. The number of fused-ring (bicyclic) bond motifs is 1. The Labute approximate surface area is 118 Å². The van der Waals surface area contributed by atoms with Crippen LogP contribution >= 0.6 is 0 Å². The largest absolute Gasteiger partial charge is 0.341 e. The average molecular weight is 266 g/mol. The molecule has 0 N–H and O–H groups in total. The van der Waals surface area contributed by atoms with Crippen molar-refractivity contribution in [2.75, 3.05) is 11.4 Å². The lowest BCUT2D eigenvalue weighted by Gasteiger charge is -2.25. The van der Waals surface area contributed by atoms with E-state index in [1.165, 1.54) is 11.6 Å². The monoisotopic (exact) mass is 266 g/mol. The first kappa shape index (κ1) is 12.7. The average Bonchev–Trinajstić information content (AvgIpc) is 2.69. The summed E-state index contributed by atoms with van der Waals surface area (Å²) in [6.07, 6.45) is 3.29. The molecule has 1 aliphatic rings. The topological polar surface area (TPSA) is 27.0 Å². The summed E-state index contributed by atoms with van der Waals surface area (Å²) in [4.78, 5) is 2.15. The van der Waals surface area contributed by atoms with Crippen LogP contribution in [0.3, 0.4) is 0 Å². The molecule has 0 amide bonds. The molecule has 0 saturated heterocycles. The first-order valence-corrected chi connectivity index (χ1v) is 6.84. The number of hydrogen-bond donors (Lipinski definition) is 0. The molecule has 0 bridgehead atoms. The number of anilines is 2. The summed E-state index contributed by atoms with van der Waals surface area (Å²) >= 11 is 0. The van der Waals surface area contributed by atoms with Gasteiger partial charge in [0.05, 0.1) is 5.56 Å². The molecule has 0 unspecified atom stereocenters. The molecule has 20 heavy (non-hydrogen) atoms. The zero-order valence-electron chi connectivity index (χ0n) is 11.1. The molecule has 1 aliphatic heterocycles. The van der Waals surface area contributed by atoms with Gasteiger partial charge in [-0.2, -0.15) is 5.26 Å². The fraction of sp³-hybridized carbons (Fsp3) is 0.235. The zero-order valence-corrected chi connectivity index (χ0v) is 11.1. The van der Waals surface area contributed by atoms with E-state index in [-0.39, 0.29) is 5.56 Å². The van der Waals surface area contributed by atoms with Gasteiger partial charge >= 0.3 is 0 Å². The van der Waals surface area contributed by atoms with Crippen molar-refractivity contribution in [1.82, 2.24) is 0 Å². The predicted molar refractivity (Wildman–Crippen MR) is 77.5 cm³/mol. The number of rotatable bonds is 1. The van der Waals surface area contributed by atoms with Crippen LogP contribution in [-0.4, -0.2) is 6.54 Å². The van der Waals surface area contributed by atoms with Crippen LogP contribution in [0, 0.1) is 17.1 Å². The molecule has 0 fully saturated rings. The number of hydrogen-bond acceptors (Lipinski definition) is 2. The Balaban J connectivity index is 2.06. The second kappa shape index (κ2) is 5.34. The van der Waals surface area contributed by atoms with Gasteiger partial charge in [0.1, 0.15) is 11.9 Å². The molecule has 2 aromatic carbocycles. The minimum atomic E-state index is -0.452. The number of halogens is 1. The first-order valence-electron chi connectivity index (χ1n) is 6.84. The van der Waals surface area contributed by atoms with Crippen molar-refractivity contribution in [2.45, 2.75) is 19.3 Å². The zero-order chi connectivity index (χ0) is 13.9. The van der Waals surface area contributed by atoms with E-state index in [2.05, 4.69) is 17.0 Å². The Kier molecular flexibility index (Phi) is 3.39. The molecule has 0 aromatic heterocycles. The Hall–Kier alpha value is -2.34. The van der Waals surface area contributed by atoms with Crippen molar-refractivity contribution in [3.05, 3.63) is 59.4 Å². The minimum Gasteiger partial charge on any atom is -0.341 e. The van der Waals surface area contributed by atoms with Gasteiger partial charge in [-0.25, -0.2) is 4.39 Å². The maximum atomic E-state index is 13.8. The highest BCUT2D eigenvalue weighted by Gasteiger charge is 2.17. The fourth-order valence-electron chi connectivity index (χ4n) is 2.72. The summed E-state index contributed by atoms with van der Waals surface area (Å²) in [5, 5.41) is 8.82. The van der Waals surface area contributed by atoms with Gasteiger partial charge in [-0.1, -0.05) is 18.2 Å². The quantitative estimate of drug-likeness (QED) is 0.774. The lowest BCUT2D eigenvalue weighted by atomic mass is 10.1. The van der Waals surface area contributed by atoms with Crippen LogP contribution in [0.1, 0.15) is 24.0 Å². The van der Waals surface area contributed by atoms with E-state index in [0.29, 0.717) is 0 Å². The second-order valence-corrected chi connectivity index (χ2v) is 5.01. The van der Waals surface area contributed by atoms with Crippen LogP contribution in [0.2, 0.25) is 0 Å². The molecule has 0 radical (unpaired) electrons. The van der Waals surface area contributed by atoms with Crippen LogP contribution in [0.4, 0.5) is 15.8 Å². The van der Waals surface area contributed by atoms with Gasteiger partial charge in [-0.05, 0) is 49.1 Å². The second-order valence-electron chi connectivity index (χ2n) is 5.01. The number of nitriles is 1. The summed E-state index contributed by atoms with van der Waals surface area (Å²) in [5.74, 6) is -0.452. The van der Waals surface area contributed by atoms with E-state index < -0.39 is 5.82 Å². The minimum absolute atomic E-state index is 0.0943. The van der Waals surface area contributed by atoms with E-state index >= 15 is 0 Å². The molecular weight excluding hydrogens is 251 g/mol. The van der Waals surface area contributed by atoms with E-state index in [1.807, 2.05) is 24.3 Å². The van der Waals surface area contributed by atoms with Crippen molar-refractivity contribution in [3.8, 4) is 6.07 Å². The van der Waals surface area contributed by atoms with Crippen LogP contribution in [0.25, 0.3) is 0 Å². The number of aryl methyl sites for hydroxylation is 1. The predicted octanol–water partition coefficient (Wildman–Crippen LogP) is 4.17. The summed E-state index contributed by atoms with van der Waals surface area (Å²) in [7, 11) is 0. The lowest BCUT2D eigenvalue weighted by Crippen LogP contribution is -2.18. The molecule has 0 saturated carbocycles. The molecule has 1 heterocycles. The van der Waals surface area contributed by atoms with Gasteiger partial charge in [0, 0.05) is 17.9 Å². The van der Waals surface area contributed by atoms with Crippen molar-refractivity contribution >= 4 is 11.4 Å². The summed E-state index contributed by atoms with van der Waals surface area (Å²) < 4.78 is 13.8. The SMILES string of the molecule is N#Cc1ccc(N2CCCCc3ccccc32)cc1F. The molecule has 0 spiro atoms. The number of para-hydroxylation sites is 1. The Morgan fingerprint density at radius 1 is 1.10 bits per heavy atom. The van der Waals surface area contributed by atoms with Crippen molar-refractivity contribution < 1.29 is 4.39 Å². The number of nitrogens with zero attached hydrogens (tertiary/aromatic N) is 2. The van der Waals surface area contributed by atoms with Crippen LogP contribution in [0.15, 0.2) is 42.5 Å². The summed E-state index contributed by atoms with van der Waals surface area (Å²) in [6.45, 7) is 0.877. The molecule has 100 valence electrons. The van der Waals surface area contributed by atoms with Crippen LogP contribution < -0.4 is 4.90 Å². The normalized spacial score (nSPS) is 14.3. The maximum Gasteiger partial charge on any atom is 0.143 e. The molecular formula is C17H15FN2. The van der Waals surface area contributed by atoms with Gasteiger partial charge in [-0.3, -0.25) is 0 Å². The highest BCUT2D eigenvalue weighted by Crippen LogP contribution is 2.33. The highest BCUT2D eigenvalue weighted by atomic mass is 19.1. The Morgan fingerprint density at radius 2 is 1.95 bits per heavy atom. The maximum absolute atomic E-state index is 13.8. The number of benzene rings is 2. The molecule has 3 heteroatoms. The van der Waals surface area contributed by atoms with Gasteiger partial charge in [0.15, 0.2) is 0 Å². The molecule has 3 rings (SSSR count). The van der Waals surface area contributed by atoms with E-state index in [1.54, 1.807) is 6.07 Å². The smallest absolute Gasteiger partial charge is 0.143 e. The van der Waals surface area contributed by atoms with Crippen molar-refractivity contribution in [3.63, 3.8) is 0 Å². The Bertz CT molecular complexity index is 673. The van der Waals surface area contributed by atoms with Gasteiger partial charge < -0.3 is 4.90 Å². The first-order chi connectivity index (χ1) is 9.79. The third-order valence-corrected chi connectivity index (χ3v) is 3.75. The summed E-state index contributed by atoms with van der Waals surface area (Å²) in [5.41, 5.74) is 3.36. The van der Waals surface area contributed by atoms with E-state index in [9.17, 15) is 4.39 Å².